The van der Waals surface area contributed by atoms with Crippen molar-refractivity contribution in [1.29, 1.82) is 0 Å². The Morgan fingerprint density at radius 2 is 1.47 bits per heavy atom. The normalized spacial score (nSPS) is 11.1. The summed E-state index contributed by atoms with van der Waals surface area (Å²) in [6, 6.07) is 32.9. The molecule has 1 N–H and O–H groups in total. The first-order valence-electron chi connectivity index (χ1n) is 11.2. The van der Waals surface area contributed by atoms with Crippen molar-refractivity contribution in [1.82, 2.24) is 4.57 Å². The molecular formula is C29H20ClN3O3. The van der Waals surface area contributed by atoms with Crippen LogP contribution in [-0.2, 0) is 0 Å². The molecule has 176 valence electrons. The maximum atomic E-state index is 11.3. The number of hydrogen-bond acceptors (Lipinski definition) is 4. The van der Waals surface area contributed by atoms with Gasteiger partial charge in [-0.15, -0.1) is 0 Å². The zero-order valence-electron chi connectivity index (χ0n) is 19.0. The molecule has 1 heterocycles. The topological polar surface area (TPSA) is 80.7 Å². The number of non-ortho nitro benzene ring substituents is 1. The van der Waals surface area contributed by atoms with Gasteiger partial charge >= 0.3 is 0 Å². The number of aromatic hydroxyl groups is 1. The molecule has 0 aliphatic carbocycles. The van der Waals surface area contributed by atoms with Gasteiger partial charge in [0.25, 0.3) is 5.69 Å². The van der Waals surface area contributed by atoms with Gasteiger partial charge in [0.1, 0.15) is 11.4 Å². The first-order valence-corrected chi connectivity index (χ1v) is 11.5. The number of hydrogen-bond donors (Lipinski definition) is 1. The van der Waals surface area contributed by atoms with Crippen molar-refractivity contribution in [2.24, 2.45) is 4.99 Å². The minimum Gasteiger partial charge on any atom is -0.506 e. The SMILES string of the molecule is O=[N+]([O-])c1ccc(-n2c(-c3ccccc3)cc(C=Nc3cc(Cl)ccc3O)c2-c2ccccc2)cc1. The molecule has 5 aromatic rings. The number of phenols is 1. The Kier molecular flexibility index (Phi) is 6.34. The lowest BCUT2D eigenvalue weighted by Crippen LogP contribution is -2.01. The minimum absolute atomic E-state index is 0.0200. The van der Waals surface area contributed by atoms with Crippen LogP contribution in [0, 0.1) is 10.1 Å². The number of aliphatic imine (C=N–C) groups is 1. The molecule has 0 fully saturated rings. The van der Waals surface area contributed by atoms with Crippen LogP contribution in [0.3, 0.4) is 0 Å². The summed E-state index contributed by atoms with van der Waals surface area (Å²) in [4.78, 5) is 15.4. The van der Waals surface area contributed by atoms with E-state index in [-0.39, 0.29) is 11.4 Å². The van der Waals surface area contributed by atoms with Crippen LogP contribution in [0.2, 0.25) is 5.02 Å². The van der Waals surface area contributed by atoms with Crippen LogP contribution in [0.15, 0.2) is 114 Å². The first kappa shape index (κ1) is 23.1. The highest BCUT2D eigenvalue weighted by Gasteiger charge is 2.19. The van der Waals surface area contributed by atoms with Crippen LogP contribution < -0.4 is 0 Å². The number of phenolic OH excluding ortho intramolecular Hbond substituents is 1. The Morgan fingerprint density at radius 1 is 0.833 bits per heavy atom. The van der Waals surface area contributed by atoms with Crippen LogP contribution in [0.1, 0.15) is 5.56 Å². The van der Waals surface area contributed by atoms with Gasteiger partial charge < -0.3 is 9.67 Å². The third-order valence-corrected chi connectivity index (χ3v) is 5.98. The van der Waals surface area contributed by atoms with E-state index in [1.165, 1.54) is 18.2 Å². The van der Waals surface area contributed by atoms with E-state index in [2.05, 4.69) is 9.56 Å². The summed E-state index contributed by atoms with van der Waals surface area (Å²) >= 11 is 6.11. The number of nitro benzene ring substituents is 1. The second-order valence-corrected chi connectivity index (χ2v) is 8.50. The molecule has 0 unspecified atom stereocenters. The number of aromatic nitrogens is 1. The van der Waals surface area contributed by atoms with Gasteiger partial charge in [-0.3, -0.25) is 15.1 Å². The lowest BCUT2D eigenvalue weighted by Gasteiger charge is -2.15. The maximum Gasteiger partial charge on any atom is 0.269 e. The number of nitro groups is 1. The van der Waals surface area contributed by atoms with Gasteiger partial charge in [0, 0.05) is 34.6 Å². The monoisotopic (exact) mass is 493 g/mol. The summed E-state index contributed by atoms with van der Waals surface area (Å²) < 4.78 is 2.06. The fourth-order valence-electron chi connectivity index (χ4n) is 4.07. The van der Waals surface area contributed by atoms with E-state index in [0.717, 1.165) is 33.8 Å². The summed E-state index contributed by atoms with van der Waals surface area (Å²) in [7, 11) is 0. The standard InChI is InChI=1S/C29H20ClN3O3/c30-23-11-16-28(34)26(18-23)31-19-22-17-27(20-7-3-1-4-8-20)32(29(22)21-9-5-2-6-10-21)24-12-14-25(15-13-24)33(35)36/h1-19,34H. The fraction of sp³-hybridized carbons (Fsp3) is 0. The van der Waals surface area contributed by atoms with E-state index < -0.39 is 4.92 Å². The molecule has 7 heteroatoms. The molecule has 36 heavy (non-hydrogen) atoms. The minimum atomic E-state index is -0.412. The van der Waals surface area contributed by atoms with Crippen molar-refractivity contribution < 1.29 is 10.0 Å². The molecule has 0 spiro atoms. The van der Waals surface area contributed by atoms with Gasteiger partial charge in [-0.05, 0) is 47.5 Å². The van der Waals surface area contributed by atoms with Gasteiger partial charge in [0.2, 0.25) is 0 Å². The smallest absolute Gasteiger partial charge is 0.269 e. The lowest BCUT2D eigenvalue weighted by molar-refractivity contribution is -0.384. The molecule has 0 amide bonds. The average molecular weight is 494 g/mol. The van der Waals surface area contributed by atoms with E-state index in [0.29, 0.717) is 10.7 Å². The Balaban J connectivity index is 1.77. The van der Waals surface area contributed by atoms with Gasteiger partial charge in [0.05, 0.1) is 16.3 Å². The van der Waals surface area contributed by atoms with Gasteiger partial charge in [-0.1, -0.05) is 72.3 Å². The third-order valence-electron chi connectivity index (χ3n) is 5.75. The van der Waals surface area contributed by atoms with Crippen LogP contribution in [-0.4, -0.2) is 20.8 Å². The quantitative estimate of drug-likeness (QED) is 0.149. The molecule has 1 aromatic heterocycles. The van der Waals surface area contributed by atoms with Crippen molar-refractivity contribution in [2.45, 2.75) is 0 Å². The van der Waals surface area contributed by atoms with Gasteiger partial charge in [0.15, 0.2) is 0 Å². The summed E-state index contributed by atoms with van der Waals surface area (Å²) in [5.41, 5.74) is 5.60. The zero-order chi connectivity index (χ0) is 25.1. The van der Waals surface area contributed by atoms with Crippen molar-refractivity contribution >= 4 is 29.2 Å². The predicted molar refractivity (Wildman–Crippen MR) is 144 cm³/mol. The molecule has 5 rings (SSSR count). The third kappa shape index (κ3) is 4.62. The van der Waals surface area contributed by atoms with E-state index >= 15 is 0 Å². The number of halogens is 1. The average Bonchev–Trinajstić information content (AvgIpc) is 3.30. The largest absolute Gasteiger partial charge is 0.506 e. The Labute approximate surface area is 212 Å². The number of nitrogens with zero attached hydrogens (tertiary/aromatic N) is 3. The Hall–Kier alpha value is -4.68. The summed E-state index contributed by atoms with van der Waals surface area (Å²) in [6.07, 6.45) is 1.70. The lowest BCUT2D eigenvalue weighted by atomic mass is 10.1. The van der Waals surface area contributed by atoms with E-state index in [9.17, 15) is 15.2 Å². The van der Waals surface area contributed by atoms with E-state index in [1.54, 1.807) is 30.5 Å². The molecule has 0 bridgehead atoms. The molecule has 0 saturated carbocycles. The molecule has 6 nitrogen and oxygen atoms in total. The predicted octanol–water partition coefficient (Wildman–Crippen LogP) is 7.83. The second kappa shape index (κ2) is 9.90. The second-order valence-electron chi connectivity index (χ2n) is 8.07. The maximum absolute atomic E-state index is 11.3. The number of rotatable bonds is 6. The fourth-order valence-corrected chi connectivity index (χ4v) is 4.24. The van der Waals surface area contributed by atoms with Crippen LogP contribution in [0.25, 0.3) is 28.2 Å². The first-order chi connectivity index (χ1) is 17.5. The molecule has 0 aliphatic rings. The molecule has 0 saturated heterocycles. The highest BCUT2D eigenvalue weighted by Crippen LogP contribution is 2.37. The van der Waals surface area contributed by atoms with Crippen LogP contribution in [0.5, 0.6) is 5.75 Å². The Bertz CT molecular complexity index is 1560. The summed E-state index contributed by atoms with van der Waals surface area (Å²) in [6.45, 7) is 0. The zero-order valence-corrected chi connectivity index (χ0v) is 19.7. The van der Waals surface area contributed by atoms with Crippen LogP contribution in [0.4, 0.5) is 11.4 Å². The Morgan fingerprint density at radius 3 is 2.11 bits per heavy atom. The highest BCUT2D eigenvalue weighted by atomic mass is 35.5. The van der Waals surface area contributed by atoms with Crippen molar-refractivity contribution in [2.75, 3.05) is 0 Å². The van der Waals surface area contributed by atoms with Crippen LogP contribution >= 0.6 is 11.6 Å². The molecule has 0 radical (unpaired) electrons. The number of benzene rings is 4. The molecule has 4 aromatic carbocycles. The molecule has 0 atom stereocenters. The van der Waals surface area contributed by atoms with Crippen molar-refractivity contribution in [3.05, 3.63) is 130 Å². The van der Waals surface area contributed by atoms with Gasteiger partial charge in [-0.2, -0.15) is 0 Å². The van der Waals surface area contributed by atoms with E-state index in [4.69, 9.17) is 11.6 Å². The summed E-state index contributed by atoms with van der Waals surface area (Å²) in [5.74, 6) is 0.0231. The molecular weight excluding hydrogens is 474 g/mol. The molecule has 0 aliphatic heterocycles. The summed E-state index contributed by atoms with van der Waals surface area (Å²) in [5, 5.41) is 22.0. The van der Waals surface area contributed by atoms with Crippen molar-refractivity contribution in [3.8, 4) is 34.0 Å². The highest BCUT2D eigenvalue weighted by molar-refractivity contribution is 6.30. The van der Waals surface area contributed by atoms with Gasteiger partial charge in [-0.25, -0.2) is 0 Å². The van der Waals surface area contributed by atoms with E-state index in [1.807, 2.05) is 66.7 Å². The van der Waals surface area contributed by atoms with Crippen molar-refractivity contribution in [3.63, 3.8) is 0 Å².